The van der Waals surface area contributed by atoms with E-state index in [1.54, 1.807) is 17.2 Å². The summed E-state index contributed by atoms with van der Waals surface area (Å²) in [5.74, 6) is 0.180. The number of amides is 1. The minimum atomic E-state index is 0.180. The van der Waals surface area contributed by atoms with E-state index in [0.717, 1.165) is 73.6 Å². The van der Waals surface area contributed by atoms with E-state index in [2.05, 4.69) is 49.2 Å². The van der Waals surface area contributed by atoms with Crippen LogP contribution in [0, 0.1) is 12.3 Å². The lowest BCUT2D eigenvalue weighted by atomic mass is 9.71. The van der Waals surface area contributed by atoms with Gasteiger partial charge >= 0.3 is 0 Å². The molecule has 4 aromatic rings. The molecule has 8 nitrogen and oxygen atoms in total. The fourth-order valence-corrected chi connectivity index (χ4v) is 6.88. The highest BCUT2D eigenvalue weighted by molar-refractivity contribution is 5.86. The summed E-state index contributed by atoms with van der Waals surface area (Å²) in [5, 5.41) is 5.55. The maximum absolute atomic E-state index is 13.1. The standard InChI is InChI=1S/C30H33N7O/c1-20-14-25(33-19-32-20)22-5-7-23-21(15-22)6-8-27(23)37-17-30(18-37)9-12-36(13-10-30)28(38)16-26-24-4-3-11-31-29(24)35(2)34-26/h3-5,7,11,14-15,19,27H,6,8-10,12-13,16-18H2,1-2H3/t27-/m1/s1. The van der Waals surface area contributed by atoms with Gasteiger partial charge in [0.15, 0.2) is 5.65 Å². The van der Waals surface area contributed by atoms with Crippen molar-refractivity contribution in [1.82, 2.24) is 34.5 Å². The van der Waals surface area contributed by atoms with Gasteiger partial charge in [-0.15, -0.1) is 0 Å². The molecule has 7 rings (SSSR count). The van der Waals surface area contributed by atoms with Crippen molar-refractivity contribution >= 4 is 16.9 Å². The zero-order chi connectivity index (χ0) is 25.9. The van der Waals surface area contributed by atoms with Crippen LogP contribution < -0.4 is 0 Å². The van der Waals surface area contributed by atoms with Gasteiger partial charge in [-0.2, -0.15) is 5.10 Å². The first-order valence-corrected chi connectivity index (χ1v) is 13.7. The Labute approximate surface area is 222 Å². The molecule has 1 aliphatic carbocycles. The van der Waals surface area contributed by atoms with Crippen LogP contribution in [0.1, 0.15) is 47.8 Å². The van der Waals surface area contributed by atoms with Gasteiger partial charge in [0, 0.05) is 62.1 Å². The van der Waals surface area contributed by atoms with Crippen molar-refractivity contribution in [3.8, 4) is 11.3 Å². The average molecular weight is 508 g/mol. The molecule has 0 saturated carbocycles. The first-order chi connectivity index (χ1) is 18.5. The van der Waals surface area contributed by atoms with Gasteiger partial charge in [0.2, 0.25) is 5.91 Å². The molecule has 0 radical (unpaired) electrons. The van der Waals surface area contributed by atoms with Crippen molar-refractivity contribution in [3.05, 3.63) is 71.4 Å². The molecule has 38 heavy (non-hydrogen) atoms. The molecule has 1 spiro atoms. The van der Waals surface area contributed by atoms with Gasteiger partial charge in [0.1, 0.15) is 6.33 Å². The third kappa shape index (κ3) is 3.98. The number of piperidine rings is 1. The van der Waals surface area contributed by atoms with E-state index in [4.69, 9.17) is 0 Å². The molecular weight excluding hydrogens is 474 g/mol. The minimum Gasteiger partial charge on any atom is -0.342 e. The lowest BCUT2D eigenvalue weighted by molar-refractivity contribution is -0.136. The quantitative estimate of drug-likeness (QED) is 0.417. The number of likely N-dealkylation sites (tertiary alicyclic amines) is 2. The van der Waals surface area contributed by atoms with E-state index in [1.165, 1.54) is 23.1 Å². The van der Waals surface area contributed by atoms with Crippen molar-refractivity contribution in [2.45, 2.75) is 45.1 Å². The molecule has 0 bridgehead atoms. The third-order valence-corrected chi connectivity index (χ3v) is 8.98. The predicted octanol–water partition coefficient (Wildman–Crippen LogP) is 3.89. The molecule has 1 amide bonds. The number of carbonyl (C=O) groups is 1. The minimum absolute atomic E-state index is 0.180. The Kier molecular flexibility index (Phi) is 5.54. The van der Waals surface area contributed by atoms with E-state index < -0.39 is 0 Å². The zero-order valence-corrected chi connectivity index (χ0v) is 22.1. The summed E-state index contributed by atoms with van der Waals surface area (Å²) in [6.45, 7) is 5.98. The van der Waals surface area contributed by atoms with Crippen molar-refractivity contribution in [3.63, 3.8) is 0 Å². The molecule has 2 aliphatic heterocycles. The number of aryl methyl sites for hydroxylation is 3. The van der Waals surface area contributed by atoms with Crippen LogP contribution in [0.25, 0.3) is 22.3 Å². The highest BCUT2D eigenvalue weighted by atomic mass is 16.2. The highest BCUT2D eigenvalue weighted by Crippen LogP contribution is 2.48. The van der Waals surface area contributed by atoms with Gasteiger partial charge in [-0.25, -0.2) is 15.0 Å². The summed E-state index contributed by atoms with van der Waals surface area (Å²) < 4.78 is 1.77. The van der Waals surface area contributed by atoms with Gasteiger partial charge in [-0.1, -0.05) is 12.1 Å². The molecule has 0 N–H and O–H groups in total. The number of aromatic nitrogens is 5. The maximum Gasteiger partial charge on any atom is 0.228 e. The number of hydrogen-bond acceptors (Lipinski definition) is 6. The van der Waals surface area contributed by atoms with E-state index in [0.29, 0.717) is 17.9 Å². The van der Waals surface area contributed by atoms with Gasteiger partial charge in [-0.3, -0.25) is 14.4 Å². The summed E-state index contributed by atoms with van der Waals surface area (Å²) in [5.41, 5.74) is 8.14. The Morgan fingerprint density at radius 2 is 1.92 bits per heavy atom. The van der Waals surface area contributed by atoms with Gasteiger partial charge in [-0.05, 0) is 73.4 Å². The summed E-state index contributed by atoms with van der Waals surface area (Å²) in [6.07, 6.45) is 8.26. The van der Waals surface area contributed by atoms with Crippen molar-refractivity contribution < 1.29 is 4.79 Å². The second kappa shape index (κ2) is 8.98. The van der Waals surface area contributed by atoms with Crippen molar-refractivity contribution in [2.75, 3.05) is 26.2 Å². The average Bonchev–Trinajstić information content (AvgIpc) is 3.48. The number of carbonyl (C=O) groups excluding carboxylic acids is 1. The summed E-state index contributed by atoms with van der Waals surface area (Å²) >= 11 is 0. The van der Waals surface area contributed by atoms with Crippen LogP contribution in [0.3, 0.4) is 0 Å². The molecule has 8 heteroatoms. The monoisotopic (exact) mass is 507 g/mol. The topological polar surface area (TPSA) is 80.0 Å². The number of pyridine rings is 1. The predicted molar refractivity (Wildman–Crippen MR) is 145 cm³/mol. The Hall–Kier alpha value is -3.65. The summed E-state index contributed by atoms with van der Waals surface area (Å²) in [6, 6.07) is 13.4. The van der Waals surface area contributed by atoms with Crippen LogP contribution in [0.2, 0.25) is 0 Å². The fraction of sp³-hybridized carbons (Fsp3) is 0.433. The van der Waals surface area contributed by atoms with E-state index in [-0.39, 0.29) is 5.91 Å². The van der Waals surface area contributed by atoms with Crippen molar-refractivity contribution in [2.24, 2.45) is 12.5 Å². The molecule has 3 aromatic heterocycles. The normalized spacial score (nSPS) is 20.6. The molecule has 5 heterocycles. The molecular formula is C30H33N7O. The Morgan fingerprint density at radius 1 is 1.08 bits per heavy atom. The number of hydrogen-bond donors (Lipinski definition) is 0. The summed E-state index contributed by atoms with van der Waals surface area (Å²) in [7, 11) is 1.89. The molecule has 0 unspecified atom stereocenters. The van der Waals surface area contributed by atoms with Crippen LogP contribution in [-0.4, -0.2) is 66.6 Å². The lowest BCUT2D eigenvalue weighted by Gasteiger charge is -2.56. The van der Waals surface area contributed by atoms with Crippen LogP contribution >= 0.6 is 0 Å². The van der Waals surface area contributed by atoms with Crippen LogP contribution in [0.15, 0.2) is 48.9 Å². The first-order valence-electron chi connectivity index (χ1n) is 13.7. The number of rotatable bonds is 4. The number of fused-ring (bicyclic) bond motifs is 2. The Bertz CT molecular complexity index is 1530. The largest absolute Gasteiger partial charge is 0.342 e. The van der Waals surface area contributed by atoms with E-state index in [9.17, 15) is 4.79 Å². The third-order valence-electron chi connectivity index (χ3n) is 8.98. The van der Waals surface area contributed by atoms with Gasteiger partial charge in [0.05, 0.1) is 17.8 Å². The van der Waals surface area contributed by atoms with E-state index in [1.807, 2.05) is 31.0 Å². The molecule has 1 aromatic carbocycles. The van der Waals surface area contributed by atoms with Crippen LogP contribution in [0.5, 0.6) is 0 Å². The molecule has 1 atom stereocenters. The lowest BCUT2D eigenvalue weighted by Crippen LogP contribution is -2.61. The zero-order valence-electron chi connectivity index (χ0n) is 22.1. The molecule has 3 aliphatic rings. The van der Waals surface area contributed by atoms with Gasteiger partial charge in [0.25, 0.3) is 0 Å². The second-order valence-electron chi connectivity index (χ2n) is 11.4. The van der Waals surface area contributed by atoms with E-state index >= 15 is 0 Å². The Balaban J connectivity index is 0.966. The first kappa shape index (κ1) is 23.5. The van der Waals surface area contributed by atoms with Crippen LogP contribution in [0.4, 0.5) is 0 Å². The molecule has 2 fully saturated rings. The van der Waals surface area contributed by atoms with Crippen LogP contribution in [-0.2, 0) is 24.7 Å². The highest BCUT2D eigenvalue weighted by Gasteiger charge is 2.48. The molecule has 2 saturated heterocycles. The molecule has 194 valence electrons. The smallest absolute Gasteiger partial charge is 0.228 e. The number of benzene rings is 1. The second-order valence-corrected chi connectivity index (χ2v) is 11.4. The van der Waals surface area contributed by atoms with Crippen molar-refractivity contribution in [1.29, 1.82) is 0 Å². The SMILES string of the molecule is Cc1cc(-c2ccc3c(c2)CC[C@H]3N2CC3(CCN(C(=O)Cc4nn(C)c5ncccc45)CC3)C2)ncn1. The number of nitrogens with zero attached hydrogens (tertiary/aromatic N) is 7. The van der Waals surface area contributed by atoms with Gasteiger partial charge < -0.3 is 4.90 Å². The fourth-order valence-electron chi connectivity index (χ4n) is 6.88. The summed E-state index contributed by atoms with van der Waals surface area (Å²) in [4.78, 5) is 31.0. The maximum atomic E-state index is 13.1. The Morgan fingerprint density at radius 3 is 2.74 bits per heavy atom.